The number of ether oxygens (including phenoxy) is 1. The van der Waals surface area contributed by atoms with E-state index in [0.29, 0.717) is 6.41 Å². The summed E-state index contributed by atoms with van der Waals surface area (Å²) in [6.07, 6.45) is -0.381. The Labute approximate surface area is 69.9 Å². The Morgan fingerprint density at radius 1 is 1.58 bits per heavy atom. The summed E-state index contributed by atoms with van der Waals surface area (Å²) in [4.78, 5) is 22.3. The molecule has 1 rings (SSSR count). The van der Waals surface area contributed by atoms with Gasteiger partial charge in [-0.2, -0.15) is 0 Å². The van der Waals surface area contributed by atoms with E-state index in [1.54, 1.807) is 13.8 Å². The van der Waals surface area contributed by atoms with Crippen molar-refractivity contribution in [3.8, 4) is 0 Å². The fourth-order valence-electron chi connectivity index (χ4n) is 1.40. The number of hydrogen-bond acceptors (Lipinski definition) is 3. The molecule has 1 unspecified atom stereocenters. The van der Waals surface area contributed by atoms with Gasteiger partial charge in [0, 0.05) is 0 Å². The molecule has 0 aromatic rings. The van der Waals surface area contributed by atoms with Crippen LogP contribution in [-0.4, -0.2) is 40.8 Å². The maximum Gasteiger partial charge on any atom is 0.329 e. The van der Waals surface area contributed by atoms with Crippen molar-refractivity contribution in [3.05, 3.63) is 0 Å². The molecule has 0 aliphatic carbocycles. The molecule has 0 saturated carbocycles. The van der Waals surface area contributed by atoms with Crippen molar-refractivity contribution in [1.82, 2.24) is 4.90 Å². The number of carboxylic acid groups (broad SMARTS) is 1. The Hall–Kier alpha value is -1.10. The van der Waals surface area contributed by atoms with Crippen LogP contribution >= 0.6 is 0 Å². The lowest BCUT2D eigenvalue weighted by Gasteiger charge is -2.18. The molecule has 0 spiro atoms. The molecule has 1 N–H and O–H groups in total. The van der Waals surface area contributed by atoms with Gasteiger partial charge in [0.15, 0.2) is 6.04 Å². The number of hydrogen-bond donors (Lipinski definition) is 1. The average Bonchev–Trinajstić information content (AvgIpc) is 2.24. The molecule has 1 amide bonds. The van der Waals surface area contributed by atoms with Gasteiger partial charge in [0.25, 0.3) is 0 Å². The first-order valence-corrected chi connectivity index (χ1v) is 3.69. The Morgan fingerprint density at radius 3 is 2.50 bits per heavy atom. The van der Waals surface area contributed by atoms with Gasteiger partial charge in [-0.05, 0) is 13.8 Å². The highest BCUT2D eigenvalue weighted by molar-refractivity contribution is 5.77. The van der Waals surface area contributed by atoms with Crippen LogP contribution in [0.3, 0.4) is 0 Å². The van der Waals surface area contributed by atoms with Crippen LogP contribution in [0.5, 0.6) is 0 Å². The third-order valence-electron chi connectivity index (χ3n) is 1.97. The van der Waals surface area contributed by atoms with Crippen molar-refractivity contribution >= 4 is 12.4 Å². The molecule has 3 atom stereocenters. The van der Waals surface area contributed by atoms with E-state index in [1.165, 1.54) is 0 Å². The van der Waals surface area contributed by atoms with E-state index < -0.39 is 24.3 Å². The second-order valence-corrected chi connectivity index (χ2v) is 2.78. The van der Waals surface area contributed by atoms with E-state index in [4.69, 9.17) is 9.84 Å². The predicted octanol–water partition coefficient (Wildman–Crippen LogP) is -0.337. The monoisotopic (exact) mass is 173 g/mol. The summed E-state index contributed by atoms with van der Waals surface area (Å²) in [7, 11) is 0. The molecule has 5 nitrogen and oxygen atoms in total. The molecular formula is C7H11NO4. The van der Waals surface area contributed by atoms with E-state index in [-0.39, 0.29) is 0 Å². The predicted molar refractivity (Wildman–Crippen MR) is 39.3 cm³/mol. The van der Waals surface area contributed by atoms with Gasteiger partial charge in [-0.3, -0.25) is 4.79 Å². The normalized spacial score (nSPS) is 35.2. The summed E-state index contributed by atoms with van der Waals surface area (Å²) in [5.41, 5.74) is 0. The van der Waals surface area contributed by atoms with Gasteiger partial charge in [0.1, 0.15) is 6.23 Å². The minimum absolute atomic E-state index is 0.442. The van der Waals surface area contributed by atoms with Gasteiger partial charge in [-0.25, -0.2) is 4.79 Å². The van der Waals surface area contributed by atoms with Crippen LogP contribution in [0, 0.1) is 0 Å². The first kappa shape index (κ1) is 8.99. The molecule has 1 saturated heterocycles. The van der Waals surface area contributed by atoms with Crippen molar-refractivity contribution in [3.63, 3.8) is 0 Å². The van der Waals surface area contributed by atoms with Crippen molar-refractivity contribution in [2.24, 2.45) is 0 Å². The molecule has 0 radical (unpaired) electrons. The van der Waals surface area contributed by atoms with E-state index in [0.717, 1.165) is 4.90 Å². The van der Waals surface area contributed by atoms with Gasteiger partial charge in [0.2, 0.25) is 6.41 Å². The van der Waals surface area contributed by atoms with Crippen LogP contribution in [0.25, 0.3) is 0 Å². The first-order chi connectivity index (χ1) is 5.57. The Balaban J connectivity index is 2.81. The van der Waals surface area contributed by atoms with Crippen LogP contribution in [0.4, 0.5) is 0 Å². The van der Waals surface area contributed by atoms with Crippen LogP contribution < -0.4 is 0 Å². The summed E-state index contributed by atoms with van der Waals surface area (Å²) in [6, 6.07) is -0.850. The molecule has 1 aliphatic heterocycles. The van der Waals surface area contributed by atoms with E-state index >= 15 is 0 Å². The zero-order valence-electron chi connectivity index (χ0n) is 6.93. The molecule has 5 heteroatoms. The molecule has 0 aromatic heterocycles. The summed E-state index contributed by atoms with van der Waals surface area (Å²) in [6.45, 7) is 3.28. The zero-order valence-corrected chi connectivity index (χ0v) is 6.93. The number of amides is 1. The SMILES string of the molecule is CC1O[C@H](C)[C@@H](C(=O)O)N1C=O. The van der Waals surface area contributed by atoms with Gasteiger partial charge >= 0.3 is 5.97 Å². The van der Waals surface area contributed by atoms with Crippen molar-refractivity contribution in [1.29, 1.82) is 0 Å². The topological polar surface area (TPSA) is 66.8 Å². The molecule has 1 fully saturated rings. The summed E-state index contributed by atoms with van der Waals surface area (Å²) >= 11 is 0. The Morgan fingerprint density at radius 2 is 2.17 bits per heavy atom. The van der Waals surface area contributed by atoms with E-state index in [1.807, 2.05) is 0 Å². The fraction of sp³-hybridized carbons (Fsp3) is 0.714. The maximum absolute atomic E-state index is 10.6. The summed E-state index contributed by atoms with van der Waals surface area (Å²) in [5, 5.41) is 8.72. The lowest BCUT2D eigenvalue weighted by molar-refractivity contribution is -0.145. The summed E-state index contributed by atoms with van der Waals surface area (Å²) in [5.74, 6) is -1.03. The lowest BCUT2D eigenvalue weighted by atomic mass is 10.2. The first-order valence-electron chi connectivity index (χ1n) is 3.69. The standard InChI is InChI=1S/C7H11NO4/c1-4-6(7(10)11)8(3-9)5(2)12-4/h3-6H,1-2H3,(H,10,11)/t4-,5?,6+/m1/s1. The highest BCUT2D eigenvalue weighted by Crippen LogP contribution is 2.20. The van der Waals surface area contributed by atoms with Gasteiger partial charge in [-0.1, -0.05) is 0 Å². The molecular weight excluding hydrogens is 162 g/mol. The fourth-order valence-corrected chi connectivity index (χ4v) is 1.40. The maximum atomic E-state index is 10.6. The minimum atomic E-state index is -1.03. The van der Waals surface area contributed by atoms with E-state index in [9.17, 15) is 9.59 Å². The molecule has 68 valence electrons. The number of aliphatic carboxylic acids is 1. The smallest absolute Gasteiger partial charge is 0.329 e. The second-order valence-electron chi connectivity index (χ2n) is 2.78. The third-order valence-corrected chi connectivity index (χ3v) is 1.97. The largest absolute Gasteiger partial charge is 0.480 e. The van der Waals surface area contributed by atoms with Gasteiger partial charge < -0.3 is 14.7 Å². The van der Waals surface area contributed by atoms with Crippen molar-refractivity contribution in [2.45, 2.75) is 32.2 Å². The number of carbonyl (C=O) groups excluding carboxylic acids is 1. The minimum Gasteiger partial charge on any atom is -0.480 e. The number of carboxylic acids is 1. The number of rotatable bonds is 2. The molecule has 1 aliphatic rings. The van der Waals surface area contributed by atoms with E-state index in [2.05, 4.69) is 0 Å². The number of nitrogens with zero attached hydrogens (tertiary/aromatic N) is 1. The Kier molecular flexibility index (Phi) is 2.32. The quantitative estimate of drug-likeness (QED) is 0.580. The molecule has 0 bridgehead atoms. The molecule has 1 heterocycles. The number of carbonyl (C=O) groups is 2. The lowest BCUT2D eigenvalue weighted by Crippen LogP contribution is -2.42. The van der Waals surface area contributed by atoms with Crippen molar-refractivity contribution in [2.75, 3.05) is 0 Å². The summed E-state index contributed by atoms with van der Waals surface area (Å²) < 4.78 is 5.15. The van der Waals surface area contributed by atoms with Crippen molar-refractivity contribution < 1.29 is 19.4 Å². The Bertz CT molecular complexity index is 206. The van der Waals surface area contributed by atoms with Crippen LogP contribution in [-0.2, 0) is 14.3 Å². The highest BCUT2D eigenvalue weighted by atomic mass is 16.5. The highest BCUT2D eigenvalue weighted by Gasteiger charge is 2.41. The van der Waals surface area contributed by atoms with Gasteiger partial charge in [-0.15, -0.1) is 0 Å². The second kappa shape index (κ2) is 3.10. The van der Waals surface area contributed by atoms with Crippen LogP contribution in [0.2, 0.25) is 0 Å². The van der Waals surface area contributed by atoms with Crippen LogP contribution in [0.15, 0.2) is 0 Å². The molecule has 12 heavy (non-hydrogen) atoms. The average molecular weight is 173 g/mol. The third kappa shape index (κ3) is 1.27. The molecule has 0 aromatic carbocycles. The zero-order chi connectivity index (χ0) is 9.30. The van der Waals surface area contributed by atoms with Crippen LogP contribution in [0.1, 0.15) is 13.8 Å². The van der Waals surface area contributed by atoms with Gasteiger partial charge in [0.05, 0.1) is 6.10 Å².